The third kappa shape index (κ3) is 4.86. The summed E-state index contributed by atoms with van der Waals surface area (Å²) in [5, 5.41) is 13.5. The van der Waals surface area contributed by atoms with Gasteiger partial charge in [-0.05, 0) is 48.7 Å². The highest BCUT2D eigenvalue weighted by atomic mass is 35.5. The molecule has 0 saturated carbocycles. The van der Waals surface area contributed by atoms with Crippen molar-refractivity contribution in [1.29, 1.82) is 0 Å². The molecule has 2 atom stereocenters. The molecular formula is C17H17ClN4O3. The fraction of sp³-hybridized carbons (Fsp3) is 0.294. The summed E-state index contributed by atoms with van der Waals surface area (Å²) in [6.45, 7) is 3.73. The molecule has 7 nitrogen and oxygen atoms in total. The Bertz CT molecular complexity index is 787. The van der Waals surface area contributed by atoms with Crippen molar-refractivity contribution in [3.63, 3.8) is 0 Å². The number of benzene rings is 1. The molecule has 1 unspecified atom stereocenters. The van der Waals surface area contributed by atoms with Gasteiger partial charge in [0.05, 0.1) is 6.10 Å². The van der Waals surface area contributed by atoms with E-state index in [4.69, 9.17) is 21.9 Å². The van der Waals surface area contributed by atoms with E-state index < -0.39 is 17.9 Å². The predicted molar refractivity (Wildman–Crippen MR) is 93.9 cm³/mol. The third-order valence-electron chi connectivity index (χ3n) is 3.45. The van der Waals surface area contributed by atoms with Crippen LogP contribution in [0.25, 0.3) is 10.4 Å². The Morgan fingerprint density at radius 3 is 2.52 bits per heavy atom. The molecule has 0 aliphatic heterocycles. The molecule has 2 rings (SSSR count). The Kier molecular flexibility index (Phi) is 6.22. The van der Waals surface area contributed by atoms with Crippen LogP contribution in [-0.2, 0) is 4.79 Å². The Balaban J connectivity index is 2.56. The Labute approximate surface area is 149 Å². The van der Waals surface area contributed by atoms with Crippen LogP contribution in [0.15, 0.2) is 47.7 Å². The van der Waals surface area contributed by atoms with Crippen LogP contribution < -0.4 is 4.74 Å². The van der Waals surface area contributed by atoms with Crippen LogP contribution in [0, 0.1) is 0 Å². The first kappa shape index (κ1) is 18.6. The molecular weight excluding hydrogens is 344 g/mol. The largest absolute Gasteiger partial charge is 0.481 e. The number of aliphatic carboxylic acids is 1. The summed E-state index contributed by atoms with van der Waals surface area (Å²) < 4.78 is 5.58. The van der Waals surface area contributed by atoms with E-state index in [2.05, 4.69) is 15.0 Å². The number of halogens is 1. The SMILES string of the molecule is CC(C)Oc1cc([C@H](c2ccc(Cl)cc2)C(N=[N+]=[N-])C(=O)O)ccn1. The molecule has 1 heterocycles. The van der Waals surface area contributed by atoms with Crippen LogP contribution in [0.1, 0.15) is 30.9 Å². The van der Waals surface area contributed by atoms with Crippen molar-refractivity contribution in [2.45, 2.75) is 31.9 Å². The van der Waals surface area contributed by atoms with Gasteiger partial charge in [-0.1, -0.05) is 28.8 Å². The second kappa shape index (κ2) is 8.37. The van der Waals surface area contributed by atoms with Gasteiger partial charge in [0, 0.05) is 28.1 Å². The lowest BCUT2D eigenvalue weighted by Crippen LogP contribution is -2.26. The zero-order valence-corrected chi connectivity index (χ0v) is 14.5. The van der Waals surface area contributed by atoms with E-state index in [1.165, 1.54) is 6.20 Å². The molecule has 0 fully saturated rings. The Morgan fingerprint density at radius 2 is 1.96 bits per heavy atom. The molecule has 0 bridgehead atoms. The number of hydrogen-bond acceptors (Lipinski definition) is 4. The number of carboxylic acid groups (broad SMARTS) is 1. The van der Waals surface area contributed by atoms with Gasteiger partial charge in [0.15, 0.2) is 0 Å². The van der Waals surface area contributed by atoms with Crippen molar-refractivity contribution >= 4 is 17.6 Å². The monoisotopic (exact) mass is 360 g/mol. The lowest BCUT2D eigenvalue weighted by atomic mass is 9.86. The highest BCUT2D eigenvalue weighted by Gasteiger charge is 2.30. The van der Waals surface area contributed by atoms with E-state index >= 15 is 0 Å². The van der Waals surface area contributed by atoms with Crippen molar-refractivity contribution < 1.29 is 14.6 Å². The van der Waals surface area contributed by atoms with E-state index in [-0.39, 0.29) is 6.10 Å². The van der Waals surface area contributed by atoms with Gasteiger partial charge < -0.3 is 9.84 Å². The normalized spacial score (nSPS) is 13.0. The van der Waals surface area contributed by atoms with Crippen LogP contribution in [0.5, 0.6) is 5.88 Å². The number of rotatable bonds is 7. The van der Waals surface area contributed by atoms with Crippen LogP contribution >= 0.6 is 11.6 Å². The highest BCUT2D eigenvalue weighted by Crippen LogP contribution is 2.32. The van der Waals surface area contributed by atoms with Crippen molar-refractivity contribution in [2.75, 3.05) is 0 Å². The zero-order chi connectivity index (χ0) is 18.4. The smallest absolute Gasteiger partial charge is 0.313 e. The standard InChI is InChI=1S/C17H17ClN4O3/c1-10(2)25-14-9-12(7-8-20-14)15(16(17(23)24)21-22-19)11-3-5-13(18)6-4-11/h3-10,15-16H,1-2H3,(H,23,24)/t15-,16?/m0/s1. The Morgan fingerprint density at radius 1 is 1.28 bits per heavy atom. The van der Waals surface area contributed by atoms with E-state index in [0.717, 1.165) is 0 Å². The number of hydrogen-bond donors (Lipinski definition) is 1. The molecule has 0 amide bonds. The first-order chi connectivity index (χ1) is 11.9. The molecule has 0 aliphatic carbocycles. The molecule has 0 aliphatic rings. The number of carbonyl (C=O) groups is 1. The molecule has 25 heavy (non-hydrogen) atoms. The fourth-order valence-corrected chi connectivity index (χ4v) is 2.59. The lowest BCUT2D eigenvalue weighted by molar-refractivity contribution is -0.138. The van der Waals surface area contributed by atoms with Crippen molar-refractivity contribution in [2.24, 2.45) is 5.11 Å². The van der Waals surface area contributed by atoms with Gasteiger partial charge >= 0.3 is 5.97 Å². The van der Waals surface area contributed by atoms with Gasteiger partial charge in [-0.3, -0.25) is 4.79 Å². The van der Waals surface area contributed by atoms with Gasteiger partial charge in [0.1, 0.15) is 6.04 Å². The minimum Gasteiger partial charge on any atom is -0.481 e. The third-order valence-corrected chi connectivity index (χ3v) is 3.70. The number of pyridine rings is 1. The second-order valence-corrected chi connectivity index (χ2v) is 6.05. The van der Waals surface area contributed by atoms with Crippen molar-refractivity contribution in [3.05, 3.63) is 69.2 Å². The van der Waals surface area contributed by atoms with Crippen LogP contribution in [-0.4, -0.2) is 28.2 Å². The van der Waals surface area contributed by atoms with E-state index in [9.17, 15) is 9.90 Å². The summed E-state index contributed by atoms with van der Waals surface area (Å²) in [5.74, 6) is -1.55. The van der Waals surface area contributed by atoms with E-state index in [1.54, 1.807) is 36.4 Å². The molecule has 1 N–H and O–H groups in total. The molecule has 130 valence electrons. The minimum atomic E-state index is -1.32. The average molecular weight is 361 g/mol. The van der Waals surface area contributed by atoms with Crippen molar-refractivity contribution in [1.82, 2.24) is 4.98 Å². The van der Waals surface area contributed by atoms with Gasteiger partial charge in [-0.25, -0.2) is 4.98 Å². The van der Waals surface area contributed by atoms with E-state index in [0.29, 0.717) is 22.0 Å². The summed E-state index contributed by atoms with van der Waals surface area (Å²) in [6, 6.07) is 8.74. The summed E-state index contributed by atoms with van der Waals surface area (Å²) >= 11 is 5.92. The highest BCUT2D eigenvalue weighted by molar-refractivity contribution is 6.30. The maximum absolute atomic E-state index is 11.7. The molecule has 0 radical (unpaired) electrons. The van der Waals surface area contributed by atoms with Crippen LogP contribution in [0.3, 0.4) is 0 Å². The van der Waals surface area contributed by atoms with Gasteiger partial charge in [-0.15, -0.1) is 0 Å². The lowest BCUT2D eigenvalue weighted by Gasteiger charge is -2.22. The molecule has 1 aromatic heterocycles. The number of azide groups is 1. The maximum Gasteiger partial charge on any atom is 0.313 e. The number of aromatic nitrogens is 1. The predicted octanol–water partition coefficient (Wildman–Crippen LogP) is 4.42. The summed E-state index contributed by atoms with van der Waals surface area (Å²) in [5.41, 5.74) is 10.1. The minimum absolute atomic E-state index is 0.0795. The van der Waals surface area contributed by atoms with Crippen molar-refractivity contribution in [3.8, 4) is 5.88 Å². The maximum atomic E-state index is 11.7. The first-order valence-corrected chi connectivity index (χ1v) is 7.95. The average Bonchev–Trinajstić information content (AvgIpc) is 2.55. The van der Waals surface area contributed by atoms with Crippen LogP contribution in [0.2, 0.25) is 5.02 Å². The quantitative estimate of drug-likeness (QED) is 0.447. The molecule has 0 spiro atoms. The number of ether oxygens (including phenoxy) is 1. The van der Waals surface area contributed by atoms with Crippen LogP contribution in [0.4, 0.5) is 0 Å². The van der Waals surface area contributed by atoms with Gasteiger partial charge in [0.25, 0.3) is 0 Å². The number of carboxylic acids is 1. The van der Waals surface area contributed by atoms with Gasteiger partial charge in [-0.2, -0.15) is 0 Å². The van der Waals surface area contributed by atoms with Gasteiger partial charge in [0.2, 0.25) is 5.88 Å². The molecule has 1 aromatic carbocycles. The Hall–Kier alpha value is -2.76. The molecule has 2 aromatic rings. The summed E-state index contributed by atoms with van der Waals surface area (Å²) in [6.07, 6.45) is 1.45. The topological polar surface area (TPSA) is 108 Å². The molecule has 8 heteroatoms. The summed E-state index contributed by atoms with van der Waals surface area (Å²) in [4.78, 5) is 18.5. The molecule has 0 saturated heterocycles. The fourth-order valence-electron chi connectivity index (χ4n) is 2.47. The summed E-state index contributed by atoms with van der Waals surface area (Å²) in [7, 11) is 0. The second-order valence-electron chi connectivity index (χ2n) is 5.61. The van der Waals surface area contributed by atoms with E-state index in [1.807, 2.05) is 13.8 Å². The zero-order valence-electron chi connectivity index (χ0n) is 13.7. The number of nitrogens with zero attached hydrogens (tertiary/aromatic N) is 4. The first-order valence-electron chi connectivity index (χ1n) is 7.57.